The fourth-order valence-electron chi connectivity index (χ4n) is 1.89. The number of nitrogens with zero attached hydrogens (tertiary/aromatic N) is 1. The smallest absolute Gasteiger partial charge is 0.387 e. The zero-order valence-corrected chi connectivity index (χ0v) is 10.2. The lowest BCUT2D eigenvalue weighted by Gasteiger charge is -2.16. The number of rotatable bonds is 3. The van der Waals surface area contributed by atoms with E-state index in [-0.39, 0.29) is 17.0 Å². The summed E-state index contributed by atoms with van der Waals surface area (Å²) in [4.78, 5) is 13.7. The molecule has 6 heteroatoms. The predicted octanol–water partition coefficient (Wildman–Crippen LogP) is 2.74. The van der Waals surface area contributed by atoms with Crippen LogP contribution in [0.1, 0.15) is 16.8 Å². The molecule has 2 rings (SSSR count). The van der Waals surface area contributed by atoms with Crippen LogP contribution in [0, 0.1) is 0 Å². The van der Waals surface area contributed by atoms with E-state index in [4.69, 9.17) is 11.6 Å². The topological polar surface area (TPSA) is 29.5 Å². The SMILES string of the molecule is O=C(c1cccc(OC(F)F)c1)N1CCC(Cl)C1. The van der Waals surface area contributed by atoms with Crippen molar-refractivity contribution in [2.45, 2.75) is 18.4 Å². The van der Waals surface area contributed by atoms with E-state index in [0.29, 0.717) is 18.7 Å². The first-order valence-electron chi connectivity index (χ1n) is 5.54. The van der Waals surface area contributed by atoms with Crippen molar-refractivity contribution < 1.29 is 18.3 Å². The maximum atomic E-state index is 12.1. The van der Waals surface area contributed by atoms with E-state index in [1.54, 1.807) is 11.0 Å². The molecule has 1 aliphatic heterocycles. The number of hydrogen-bond acceptors (Lipinski definition) is 2. The van der Waals surface area contributed by atoms with Crippen molar-refractivity contribution in [2.75, 3.05) is 13.1 Å². The Morgan fingerprint density at radius 1 is 1.50 bits per heavy atom. The highest BCUT2D eigenvalue weighted by Crippen LogP contribution is 2.20. The minimum Gasteiger partial charge on any atom is -0.435 e. The van der Waals surface area contributed by atoms with Crippen molar-refractivity contribution in [3.05, 3.63) is 29.8 Å². The van der Waals surface area contributed by atoms with Gasteiger partial charge < -0.3 is 9.64 Å². The van der Waals surface area contributed by atoms with E-state index >= 15 is 0 Å². The molecule has 0 bridgehead atoms. The van der Waals surface area contributed by atoms with E-state index in [2.05, 4.69) is 4.74 Å². The number of hydrogen-bond donors (Lipinski definition) is 0. The van der Waals surface area contributed by atoms with Gasteiger partial charge in [0.1, 0.15) is 5.75 Å². The van der Waals surface area contributed by atoms with Crippen molar-refractivity contribution in [3.8, 4) is 5.75 Å². The third-order valence-electron chi connectivity index (χ3n) is 2.72. The fraction of sp³-hybridized carbons (Fsp3) is 0.417. The largest absolute Gasteiger partial charge is 0.435 e. The summed E-state index contributed by atoms with van der Waals surface area (Å²) in [5.41, 5.74) is 0.332. The van der Waals surface area contributed by atoms with Crippen LogP contribution in [-0.4, -0.2) is 35.9 Å². The van der Waals surface area contributed by atoms with Gasteiger partial charge in [-0.15, -0.1) is 11.6 Å². The molecular weight excluding hydrogens is 264 g/mol. The number of carbonyl (C=O) groups is 1. The monoisotopic (exact) mass is 275 g/mol. The number of halogens is 3. The van der Waals surface area contributed by atoms with Crippen LogP contribution >= 0.6 is 11.6 Å². The normalized spacial score (nSPS) is 19.3. The molecule has 0 aliphatic carbocycles. The summed E-state index contributed by atoms with van der Waals surface area (Å²) < 4.78 is 28.4. The van der Waals surface area contributed by atoms with Gasteiger partial charge >= 0.3 is 6.61 Å². The van der Waals surface area contributed by atoms with Crippen molar-refractivity contribution in [3.63, 3.8) is 0 Å². The summed E-state index contributed by atoms with van der Waals surface area (Å²) in [6.07, 6.45) is 0.751. The van der Waals surface area contributed by atoms with Gasteiger partial charge in [0.05, 0.1) is 5.38 Å². The van der Waals surface area contributed by atoms with Gasteiger partial charge in [0.25, 0.3) is 5.91 Å². The Bertz CT molecular complexity index is 442. The quantitative estimate of drug-likeness (QED) is 0.794. The lowest BCUT2D eigenvalue weighted by atomic mass is 10.2. The molecule has 1 heterocycles. The summed E-state index contributed by atoms with van der Waals surface area (Å²) in [7, 11) is 0. The molecular formula is C12H12ClF2NO2. The molecule has 98 valence electrons. The average Bonchev–Trinajstić information content (AvgIpc) is 2.74. The molecule has 1 saturated heterocycles. The molecule has 0 radical (unpaired) electrons. The lowest BCUT2D eigenvalue weighted by Crippen LogP contribution is -2.28. The van der Waals surface area contributed by atoms with Crippen molar-refractivity contribution in [1.82, 2.24) is 4.90 Å². The summed E-state index contributed by atoms with van der Waals surface area (Å²) >= 11 is 5.92. The molecule has 1 amide bonds. The molecule has 0 aromatic heterocycles. The molecule has 1 aromatic carbocycles. The summed E-state index contributed by atoms with van der Waals surface area (Å²) in [5.74, 6) is -0.227. The van der Waals surface area contributed by atoms with E-state index in [1.807, 2.05) is 0 Å². The van der Waals surface area contributed by atoms with Crippen LogP contribution in [0.3, 0.4) is 0 Å². The molecule has 1 fully saturated rings. The van der Waals surface area contributed by atoms with Gasteiger partial charge in [-0.3, -0.25) is 4.79 Å². The van der Waals surface area contributed by atoms with Crippen LogP contribution in [0.15, 0.2) is 24.3 Å². The number of carbonyl (C=O) groups excluding carboxylic acids is 1. The Morgan fingerprint density at radius 2 is 2.28 bits per heavy atom. The second kappa shape index (κ2) is 5.52. The van der Waals surface area contributed by atoms with Gasteiger partial charge in [-0.05, 0) is 24.6 Å². The molecule has 1 unspecified atom stereocenters. The Labute approximate surface area is 108 Å². The number of benzene rings is 1. The third-order valence-corrected chi connectivity index (χ3v) is 3.08. The molecule has 18 heavy (non-hydrogen) atoms. The van der Waals surface area contributed by atoms with E-state index in [0.717, 1.165) is 6.42 Å². The Hall–Kier alpha value is -1.36. The number of alkyl halides is 3. The second-order valence-electron chi connectivity index (χ2n) is 4.04. The van der Waals surface area contributed by atoms with Crippen molar-refractivity contribution in [1.29, 1.82) is 0 Å². The van der Waals surface area contributed by atoms with Gasteiger partial charge in [0.2, 0.25) is 0 Å². The summed E-state index contributed by atoms with van der Waals surface area (Å²) in [6.45, 7) is -1.82. The van der Waals surface area contributed by atoms with Gasteiger partial charge in [-0.25, -0.2) is 0 Å². The predicted molar refractivity (Wildman–Crippen MR) is 63.2 cm³/mol. The van der Waals surface area contributed by atoms with Crippen LogP contribution in [0.2, 0.25) is 0 Å². The van der Waals surface area contributed by atoms with Crippen LogP contribution in [0.25, 0.3) is 0 Å². The van der Waals surface area contributed by atoms with Crippen LogP contribution in [-0.2, 0) is 0 Å². The van der Waals surface area contributed by atoms with Crippen LogP contribution < -0.4 is 4.74 Å². The van der Waals surface area contributed by atoms with E-state index in [1.165, 1.54) is 18.2 Å². The molecule has 1 atom stereocenters. The molecule has 0 N–H and O–H groups in total. The molecule has 0 saturated carbocycles. The first kappa shape index (κ1) is 13.1. The van der Waals surface area contributed by atoms with Gasteiger partial charge in [-0.1, -0.05) is 6.07 Å². The van der Waals surface area contributed by atoms with Gasteiger partial charge in [-0.2, -0.15) is 8.78 Å². The number of likely N-dealkylation sites (tertiary alicyclic amines) is 1. The molecule has 1 aliphatic rings. The minimum atomic E-state index is -2.89. The van der Waals surface area contributed by atoms with Crippen LogP contribution in [0.5, 0.6) is 5.75 Å². The number of ether oxygens (including phenoxy) is 1. The zero-order chi connectivity index (χ0) is 13.1. The maximum absolute atomic E-state index is 12.1. The zero-order valence-electron chi connectivity index (χ0n) is 9.48. The van der Waals surface area contributed by atoms with Crippen LogP contribution in [0.4, 0.5) is 8.78 Å². The van der Waals surface area contributed by atoms with E-state index in [9.17, 15) is 13.6 Å². The second-order valence-corrected chi connectivity index (χ2v) is 4.66. The summed E-state index contributed by atoms with van der Waals surface area (Å²) in [6, 6.07) is 5.79. The highest BCUT2D eigenvalue weighted by molar-refractivity contribution is 6.21. The number of amides is 1. The molecule has 0 spiro atoms. The van der Waals surface area contributed by atoms with Gasteiger partial charge in [0, 0.05) is 18.7 Å². The van der Waals surface area contributed by atoms with Crippen molar-refractivity contribution >= 4 is 17.5 Å². The Balaban J connectivity index is 2.10. The van der Waals surface area contributed by atoms with Crippen molar-refractivity contribution in [2.24, 2.45) is 0 Å². The third kappa shape index (κ3) is 3.10. The van der Waals surface area contributed by atoms with E-state index < -0.39 is 6.61 Å². The highest BCUT2D eigenvalue weighted by Gasteiger charge is 2.25. The summed E-state index contributed by atoms with van der Waals surface area (Å²) in [5, 5.41) is -0.0329. The lowest BCUT2D eigenvalue weighted by molar-refractivity contribution is -0.0499. The van der Waals surface area contributed by atoms with Gasteiger partial charge in [0.15, 0.2) is 0 Å². The molecule has 3 nitrogen and oxygen atoms in total. The fourth-order valence-corrected chi connectivity index (χ4v) is 2.15. The standard InChI is InChI=1S/C12H12ClF2NO2/c13-9-4-5-16(7-9)11(17)8-2-1-3-10(6-8)18-12(14)15/h1-3,6,9,12H,4-5,7H2. The highest BCUT2D eigenvalue weighted by atomic mass is 35.5. The molecule has 1 aromatic rings. The average molecular weight is 276 g/mol. The Kier molecular flexibility index (Phi) is 4.01. The first-order chi connectivity index (χ1) is 8.56. The Morgan fingerprint density at radius 3 is 2.89 bits per heavy atom. The first-order valence-corrected chi connectivity index (χ1v) is 5.98. The maximum Gasteiger partial charge on any atom is 0.387 e. The minimum absolute atomic E-state index is 0.0162.